The lowest BCUT2D eigenvalue weighted by Gasteiger charge is -2.54. The SMILES string of the molecule is CC1(C)[C@H]2C/C(=C/O)C(=O)[C@@]2(C)CCC12OCCO2. The van der Waals surface area contributed by atoms with Crippen molar-refractivity contribution in [3.63, 3.8) is 0 Å². The molecule has 0 aromatic heterocycles. The van der Waals surface area contributed by atoms with Crippen molar-refractivity contribution >= 4 is 5.78 Å². The molecule has 0 amide bonds. The predicted octanol–water partition coefficient (Wildman–Crippen LogP) is 2.59. The lowest BCUT2D eigenvalue weighted by atomic mass is 9.55. The maximum absolute atomic E-state index is 12.5. The molecule has 2 aliphatic carbocycles. The van der Waals surface area contributed by atoms with Crippen molar-refractivity contribution in [2.24, 2.45) is 16.7 Å². The molecule has 1 spiro atoms. The first-order valence-electron chi connectivity index (χ1n) is 7.03. The summed E-state index contributed by atoms with van der Waals surface area (Å²) in [7, 11) is 0. The average molecular weight is 266 g/mol. The fraction of sp³-hybridized carbons (Fsp3) is 0.800. The Hall–Kier alpha value is -0.870. The number of fused-ring (bicyclic) bond motifs is 1. The molecule has 0 unspecified atom stereocenters. The first-order valence-corrected chi connectivity index (χ1v) is 7.03. The van der Waals surface area contributed by atoms with E-state index in [2.05, 4.69) is 13.8 Å². The van der Waals surface area contributed by atoms with Crippen LogP contribution in [0.3, 0.4) is 0 Å². The van der Waals surface area contributed by atoms with Gasteiger partial charge >= 0.3 is 0 Å². The van der Waals surface area contributed by atoms with Crippen LogP contribution < -0.4 is 0 Å². The molecule has 3 fully saturated rings. The van der Waals surface area contributed by atoms with Crippen molar-refractivity contribution in [1.82, 2.24) is 0 Å². The number of ether oxygens (including phenoxy) is 2. The van der Waals surface area contributed by atoms with Crippen LogP contribution in [0.1, 0.15) is 40.0 Å². The van der Waals surface area contributed by atoms with E-state index in [0.717, 1.165) is 19.1 Å². The van der Waals surface area contributed by atoms with E-state index in [0.29, 0.717) is 25.2 Å². The third kappa shape index (κ3) is 1.44. The molecule has 2 saturated carbocycles. The van der Waals surface area contributed by atoms with Crippen LogP contribution in [0.4, 0.5) is 0 Å². The summed E-state index contributed by atoms with van der Waals surface area (Å²) in [6.45, 7) is 7.55. The number of Topliss-reactive ketones (excluding diaryl/α,β-unsaturated/α-hetero) is 1. The van der Waals surface area contributed by atoms with E-state index in [1.54, 1.807) is 0 Å². The first-order chi connectivity index (χ1) is 8.87. The summed E-state index contributed by atoms with van der Waals surface area (Å²) < 4.78 is 11.9. The Kier molecular flexibility index (Phi) is 2.64. The molecule has 1 N–H and O–H groups in total. The molecule has 4 heteroatoms. The number of aliphatic hydroxyl groups is 1. The maximum Gasteiger partial charge on any atom is 0.173 e. The molecule has 1 saturated heterocycles. The lowest BCUT2D eigenvalue weighted by Crippen LogP contribution is -2.58. The van der Waals surface area contributed by atoms with Crippen molar-refractivity contribution < 1.29 is 19.4 Å². The fourth-order valence-electron chi connectivity index (χ4n) is 4.50. The summed E-state index contributed by atoms with van der Waals surface area (Å²) in [4.78, 5) is 12.5. The lowest BCUT2D eigenvalue weighted by molar-refractivity contribution is -0.276. The van der Waals surface area contributed by atoms with Crippen LogP contribution in [0.15, 0.2) is 11.8 Å². The number of allylic oxidation sites excluding steroid dienone is 1. The highest BCUT2D eigenvalue weighted by molar-refractivity contribution is 6.02. The summed E-state index contributed by atoms with van der Waals surface area (Å²) >= 11 is 0. The standard InChI is InChI=1S/C15H22O4/c1-13(2)11-8-10(9-16)12(17)14(11,3)4-5-15(13)18-6-7-19-15/h9,11,16H,4-8H2,1-3H3/b10-9-/t11-,14+/m1/s1. The minimum absolute atomic E-state index is 0.0981. The van der Waals surface area contributed by atoms with E-state index in [4.69, 9.17) is 9.47 Å². The highest BCUT2D eigenvalue weighted by atomic mass is 16.7. The molecule has 3 rings (SSSR count). The largest absolute Gasteiger partial charge is 0.515 e. The van der Waals surface area contributed by atoms with Gasteiger partial charge < -0.3 is 14.6 Å². The van der Waals surface area contributed by atoms with Gasteiger partial charge in [0.05, 0.1) is 19.5 Å². The number of hydrogen-bond donors (Lipinski definition) is 1. The van der Waals surface area contributed by atoms with Gasteiger partial charge in [-0.25, -0.2) is 0 Å². The van der Waals surface area contributed by atoms with Crippen molar-refractivity contribution in [3.05, 3.63) is 11.8 Å². The van der Waals surface area contributed by atoms with Crippen molar-refractivity contribution in [3.8, 4) is 0 Å². The number of carbonyl (C=O) groups is 1. The van der Waals surface area contributed by atoms with Gasteiger partial charge in [-0.05, 0) is 18.8 Å². The second kappa shape index (κ2) is 3.83. The van der Waals surface area contributed by atoms with E-state index in [1.807, 2.05) is 6.92 Å². The Bertz CT molecular complexity index is 445. The minimum Gasteiger partial charge on any atom is -0.515 e. The minimum atomic E-state index is -0.553. The van der Waals surface area contributed by atoms with E-state index < -0.39 is 11.2 Å². The summed E-state index contributed by atoms with van der Waals surface area (Å²) in [5.41, 5.74) is -0.0779. The quantitative estimate of drug-likeness (QED) is 0.541. The van der Waals surface area contributed by atoms with E-state index in [1.165, 1.54) is 0 Å². The summed E-state index contributed by atoms with van der Waals surface area (Å²) in [5.74, 6) is -0.304. The molecular weight excluding hydrogens is 244 g/mol. The van der Waals surface area contributed by atoms with Crippen molar-refractivity contribution in [1.29, 1.82) is 0 Å². The molecule has 0 aromatic rings. The molecule has 1 heterocycles. The molecule has 19 heavy (non-hydrogen) atoms. The van der Waals surface area contributed by atoms with Crippen LogP contribution in [0.25, 0.3) is 0 Å². The summed E-state index contributed by atoms with van der Waals surface area (Å²) in [6.07, 6.45) is 3.12. The Morgan fingerprint density at radius 1 is 1.21 bits per heavy atom. The topological polar surface area (TPSA) is 55.8 Å². The van der Waals surface area contributed by atoms with Gasteiger partial charge in [0.25, 0.3) is 0 Å². The number of carbonyl (C=O) groups excluding carboxylic acids is 1. The molecule has 2 atom stereocenters. The Balaban J connectivity index is 2.04. The number of aliphatic hydroxyl groups excluding tert-OH is 1. The number of hydrogen-bond acceptors (Lipinski definition) is 4. The fourth-order valence-corrected chi connectivity index (χ4v) is 4.50. The third-order valence-electron chi connectivity index (χ3n) is 5.74. The maximum atomic E-state index is 12.5. The monoisotopic (exact) mass is 266 g/mol. The Morgan fingerprint density at radius 2 is 1.84 bits per heavy atom. The van der Waals surface area contributed by atoms with Crippen LogP contribution in [0.2, 0.25) is 0 Å². The smallest absolute Gasteiger partial charge is 0.173 e. The van der Waals surface area contributed by atoms with Gasteiger partial charge in [-0.3, -0.25) is 4.79 Å². The Labute approximate surface area is 113 Å². The molecular formula is C15H22O4. The summed E-state index contributed by atoms with van der Waals surface area (Å²) in [6, 6.07) is 0. The van der Waals surface area contributed by atoms with Crippen LogP contribution in [0.5, 0.6) is 0 Å². The third-order valence-corrected chi connectivity index (χ3v) is 5.74. The van der Waals surface area contributed by atoms with Crippen molar-refractivity contribution in [2.75, 3.05) is 13.2 Å². The van der Waals surface area contributed by atoms with E-state index >= 15 is 0 Å². The highest BCUT2D eigenvalue weighted by Crippen LogP contribution is 2.64. The zero-order valence-electron chi connectivity index (χ0n) is 11.9. The van der Waals surface area contributed by atoms with E-state index in [-0.39, 0.29) is 17.1 Å². The molecule has 4 nitrogen and oxygen atoms in total. The van der Waals surface area contributed by atoms with Gasteiger partial charge in [-0.2, -0.15) is 0 Å². The van der Waals surface area contributed by atoms with Gasteiger partial charge in [0, 0.05) is 22.8 Å². The zero-order valence-corrected chi connectivity index (χ0v) is 11.9. The number of ketones is 1. The molecule has 106 valence electrons. The van der Waals surface area contributed by atoms with Crippen LogP contribution in [-0.4, -0.2) is 29.9 Å². The van der Waals surface area contributed by atoms with Gasteiger partial charge in [0.15, 0.2) is 11.6 Å². The highest BCUT2D eigenvalue weighted by Gasteiger charge is 2.66. The van der Waals surface area contributed by atoms with Crippen molar-refractivity contribution in [2.45, 2.75) is 45.8 Å². The zero-order chi connectivity index (χ0) is 13.9. The van der Waals surface area contributed by atoms with Crippen LogP contribution in [-0.2, 0) is 14.3 Å². The molecule has 0 aromatic carbocycles. The average Bonchev–Trinajstić information content (AvgIpc) is 2.93. The normalized spacial score (nSPS) is 41.9. The van der Waals surface area contributed by atoms with Crippen LogP contribution in [0, 0.1) is 16.7 Å². The van der Waals surface area contributed by atoms with Gasteiger partial charge in [-0.15, -0.1) is 0 Å². The molecule has 1 aliphatic heterocycles. The predicted molar refractivity (Wildman–Crippen MR) is 69.6 cm³/mol. The second-order valence-corrected chi connectivity index (χ2v) is 6.83. The Morgan fingerprint density at radius 3 is 2.42 bits per heavy atom. The molecule has 0 radical (unpaired) electrons. The molecule has 0 bridgehead atoms. The van der Waals surface area contributed by atoms with Gasteiger partial charge in [0.1, 0.15) is 0 Å². The van der Waals surface area contributed by atoms with E-state index in [9.17, 15) is 9.90 Å². The van der Waals surface area contributed by atoms with Crippen LogP contribution >= 0.6 is 0 Å². The molecule has 3 aliphatic rings. The second-order valence-electron chi connectivity index (χ2n) is 6.83. The summed E-state index contributed by atoms with van der Waals surface area (Å²) in [5, 5.41) is 9.28. The first kappa shape index (κ1) is 13.1. The van der Waals surface area contributed by atoms with Gasteiger partial charge in [0.2, 0.25) is 0 Å². The van der Waals surface area contributed by atoms with Gasteiger partial charge in [-0.1, -0.05) is 20.8 Å². The number of rotatable bonds is 0.